The molecule has 3 aromatic rings. The van der Waals surface area contributed by atoms with Crippen LogP contribution < -0.4 is 5.73 Å². The van der Waals surface area contributed by atoms with Gasteiger partial charge in [0.2, 0.25) is 11.6 Å². The zero-order valence-electron chi connectivity index (χ0n) is 8.59. The fourth-order valence-corrected chi connectivity index (χ4v) is 1.84. The molecule has 6 heteroatoms. The number of oxazole rings is 1. The van der Waals surface area contributed by atoms with Gasteiger partial charge in [-0.3, -0.25) is 0 Å². The summed E-state index contributed by atoms with van der Waals surface area (Å²) in [7, 11) is 0. The van der Waals surface area contributed by atoms with Crippen molar-refractivity contribution in [3.05, 3.63) is 35.1 Å². The van der Waals surface area contributed by atoms with Crippen molar-refractivity contribution in [3.63, 3.8) is 0 Å². The predicted octanol–water partition coefficient (Wildman–Crippen LogP) is 2.63. The number of hydrogen-bond acceptors (Lipinski definition) is 5. The van der Waals surface area contributed by atoms with Gasteiger partial charge in [0.05, 0.1) is 5.56 Å². The summed E-state index contributed by atoms with van der Waals surface area (Å²) in [6, 6.07) is 5.45. The first-order chi connectivity index (χ1) is 8.24. The number of halogens is 1. The largest absolute Gasteiger partial charge is 0.418 e. The van der Waals surface area contributed by atoms with E-state index in [9.17, 15) is 0 Å². The van der Waals surface area contributed by atoms with E-state index < -0.39 is 0 Å². The van der Waals surface area contributed by atoms with Crippen molar-refractivity contribution in [1.29, 1.82) is 0 Å². The van der Waals surface area contributed by atoms with E-state index in [0.717, 1.165) is 4.47 Å². The number of pyridine rings is 2. The molecule has 0 unspecified atom stereocenters. The van der Waals surface area contributed by atoms with Crippen molar-refractivity contribution in [2.24, 2.45) is 0 Å². The van der Waals surface area contributed by atoms with Gasteiger partial charge in [0, 0.05) is 16.9 Å². The van der Waals surface area contributed by atoms with Gasteiger partial charge in [-0.1, -0.05) is 0 Å². The van der Waals surface area contributed by atoms with E-state index in [-0.39, 0.29) is 0 Å². The monoisotopic (exact) mass is 290 g/mol. The number of fused-ring (bicyclic) bond motifs is 1. The molecule has 0 saturated heterocycles. The second-order valence-corrected chi connectivity index (χ2v) is 4.35. The molecule has 17 heavy (non-hydrogen) atoms. The quantitative estimate of drug-likeness (QED) is 0.745. The first kappa shape index (κ1) is 10.2. The Hall–Kier alpha value is -1.95. The smallest absolute Gasteiger partial charge is 0.247 e. The third-order valence-corrected chi connectivity index (χ3v) is 2.72. The number of aromatic nitrogens is 3. The van der Waals surface area contributed by atoms with E-state index >= 15 is 0 Å². The maximum atomic E-state index is 5.79. The van der Waals surface area contributed by atoms with Crippen LogP contribution in [-0.2, 0) is 0 Å². The number of nitrogens with two attached hydrogens (primary N) is 1. The number of nitrogens with zero attached hydrogens (tertiary/aromatic N) is 3. The van der Waals surface area contributed by atoms with E-state index in [0.29, 0.717) is 28.5 Å². The Kier molecular flexibility index (Phi) is 2.29. The molecule has 0 radical (unpaired) electrons. The van der Waals surface area contributed by atoms with Gasteiger partial charge >= 0.3 is 0 Å². The summed E-state index contributed by atoms with van der Waals surface area (Å²) in [5.74, 6) is 0.796. The zero-order valence-corrected chi connectivity index (χ0v) is 10.2. The van der Waals surface area contributed by atoms with Crippen LogP contribution in [0.3, 0.4) is 0 Å². The van der Waals surface area contributed by atoms with Gasteiger partial charge in [-0.25, -0.2) is 15.0 Å². The van der Waals surface area contributed by atoms with Crippen LogP contribution in [0.4, 0.5) is 5.82 Å². The average molecular weight is 291 g/mol. The van der Waals surface area contributed by atoms with Crippen molar-refractivity contribution in [2.75, 3.05) is 5.73 Å². The van der Waals surface area contributed by atoms with Crippen LogP contribution in [-0.4, -0.2) is 15.0 Å². The highest BCUT2D eigenvalue weighted by molar-refractivity contribution is 9.10. The predicted molar refractivity (Wildman–Crippen MR) is 67.1 cm³/mol. The normalized spacial score (nSPS) is 10.9. The van der Waals surface area contributed by atoms with Crippen molar-refractivity contribution < 1.29 is 4.42 Å². The second kappa shape index (κ2) is 3.81. The molecule has 0 aliphatic heterocycles. The van der Waals surface area contributed by atoms with Gasteiger partial charge in [-0.15, -0.1) is 0 Å². The summed E-state index contributed by atoms with van der Waals surface area (Å²) >= 11 is 3.33. The molecule has 0 bridgehead atoms. The molecule has 84 valence electrons. The average Bonchev–Trinajstić information content (AvgIpc) is 2.75. The maximum Gasteiger partial charge on any atom is 0.247 e. The number of nitrogen functional groups attached to an aromatic ring is 1. The molecular formula is C11H7BrN4O. The summed E-state index contributed by atoms with van der Waals surface area (Å²) in [5.41, 5.74) is 7.63. The van der Waals surface area contributed by atoms with Crippen molar-refractivity contribution >= 4 is 33.0 Å². The Morgan fingerprint density at radius 2 is 2.18 bits per heavy atom. The van der Waals surface area contributed by atoms with Crippen molar-refractivity contribution in [2.45, 2.75) is 0 Å². The van der Waals surface area contributed by atoms with E-state index in [1.165, 1.54) is 0 Å². The fraction of sp³-hybridized carbons (Fsp3) is 0. The highest BCUT2D eigenvalue weighted by Crippen LogP contribution is 2.28. The zero-order chi connectivity index (χ0) is 11.8. The molecule has 0 amide bonds. The fourth-order valence-electron chi connectivity index (χ4n) is 1.51. The van der Waals surface area contributed by atoms with Crippen LogP contribution in [0.1, 0.15) is 0 Å². The Morgan fingerprint density at radius 3 is 3.00 bits per heavy atom. The van der Waals surface area contributed by atoms with Gasteiger partial charge < -0.3 is 10.2 Å². The summed E-state index contributed by atoms with van der Waals surface area (Å²) in [5, 5.41) is 0. The van der Waals surface area contributed by atoms with Crippen LogP contribution >= 0.6 is 15.9 Å². The Morgan fingerprint density at radius 1 is 1.29 bits per heavy atom. The van der Waals surface area contributed by atoms with Gasteiger partial charge in [-0.2, -0.15) is 0 Å². The summed E-state index contributed by atoms with van der Waals surface area (Å²) in [6.45, 7) is 0. The van der Waals surface area contributed by atoms with Gasteiger partial charge in [0.1, 0.15) is 11.3 Å². The van der Waals surface area contributed by atoms with E-state index in [1.54, 1.807) is 18.5 Å². The van der Waals surface area contributed by atoms with Crippen LogP contribution in [0, 0.1) is 0 Å². The van der Waals surface area contributed by atoms with E-state index in [4.69, 9.17) is 10.2 Å². The molecule has 0 aliphatic rings. The second-order valence-electron chi connectivity index (χ2n) is 3.43. The SMILES string of the molecule is Nc1ncc(Br)cc1-c1nc2cccnc2o1. The lowest BCUT2D eigenvalue weighted by atomic mass is 10.2. The van der Waals surface area contributed by atoms with Crippen molar-refractivity contribution in [3.8, 4) is 11.5 Å². The molecular weight excluding hydrogens is 284 g/mol. The third kappa shape index (κ3) is 1.76. The van der Waals surface area contributed by atoms with Crippen LogP contribution in [0.15, 0.2) is 39.5 Å². The minimum absolute atomic E-state index is 0.375. The summed E-state index contributed by atoms with van der Waals surface area (Å²) in [6.07, 6.45) is 3.28. The maximum absolute atomic E-state index is 5.79. The molecule has 3 aromatic heterocycles. The topological polar surface area (TPSA) is 77.8 Å². The third-order valence-electron chi connectivity index (χ3n) is 2.28. The molecule has 0 spiro atoms. The van der Waals surface area contributed by atoms with Crippen LogP contribution in [0.5, 0.6) is 0 Å². The summed E-state index contributed by atoms with van der Waals surface area (Å²) < 4.78 is 6.34. The number of rotatable bonds is 1. The van der Waals surface area contributed by atoms with Gasteiger partial charge in [-0.05, 0) is 34.1 Å². The summed E-state index contributed by atoms with van der Waals surface area (Å²) in [4.78, 5) is 12.4. The molecule has 2 N–H and O–H groups in total. The first-order valence-corrected chi connectivity index (χ1v) is 5.66. The molecule has 0 saturated carbocycles. The van der Waals surface area contributed by atoms with E-state index in [1.807, 2.05) is 12.1 Å². The standard InChI is InChI=1S/C11H7BrN4O/c12-6-4-7(9(13)15-5-6)10-16-8-2-1-3-14-11(8)17-10/h1-5H,(H2,13,15). The molecule has 5 nitrogen and oxygen atoms in total. The molecule has 3 heterocycles. The molecule has 0 aliphatic carbocycles. The lowest BCUT2D eigenvalue weighted by molar-refractivity contribution is 0.608. The van der Waals surface area contributed by atoms with Gasteiger partial charge in [0.15, 0.2) is 0 Å². The van der Waals surface area contributed by atoms with Gasteiger partial charge in [0.25, 0.3) is 0 Å². The molecule has 0 fully saturated rings. The lowest BCUT2D eigenvalue weighted by Gasteiger charge is -1.99. The highest BCUT2D eigenvalue weighted by Gasteiger charge is 2.12. The van der Waals surface area contributed by atoms with Crippen LogP contribution in [0.2, 0.25) is 0 Å². The molecule has 3 rings (SSSR count). The van der Waals surface area contributed by atoms with E-state index in [2.05, 4.69) is 30.9 Å². The van der Waals surface area contributed by atoms with Crippen molar-refractivity contribution in [1.82, 2.24) is 15.0 Å². The first-order valence-electron chi connectivity index (χ1n) is 4.87. The number of hydrogen-bond donors (Lipinski definition) is 1. The molecule has 0 aromatic carbocycles. The highest BCUT2D eigenvalue weighted by atomic mass is 79.9. The number of anilines is 1. The molecule has 0 atom stereocenters. The minimum Gasteiger partial charge on any atom is -0.418 e. The minimum atomic E-state index is 0.375. The Bertz CT molecular complexity index is 662. The Labute approximate surface area is 105 Å². The van der Waals surface area contributed by atoms with Crippen LogP contribution in [0.25, 0.3) is 22.7 Å². The lowest BCUT2D eigenvalue weighted by Crippen LogP contribution is -1.93. The Balaban J connectivity index is 2.23.